The van der Waals surface area contributed by atoms with Gasteiger partial charge in [-0.05, 0) is 26.7 Å². The number of hydrogen-bond acceptors (Lipinski definition) is 4. The number of rotatable bonds is 2. The zero-order valence-electron chi connectivity index (χ0n) is 11.4. The van der Waals surface area contributed by atoms with Crippen LogP contribution in [0.3, 0.4) is 0 Å². The molecule has 1 spiro atoms. The molecule has 1 N–H and O–H groups in total. The molecular weight excluding hydrogens is 242 g/mol. The molecule has 1 saturated heterocycles. The Labute approximate surface area is 114 Å². The predicted molar refractivity (Wildman–Crippen MR) is 75.9 cm³/mol. The maximum absolute atomic E-state index is 4.50. The Kier molecular flexibility index (Phi) is 3.43. The molecule has 2 unspecified atom stereocenters. The van der Waals surface area contributed by atoms with Crippen LogP contribution >= 0.6 is 11.3 Å². The second-order valence-corrected chi connectivity index (χ2v) is 6.86. The van der Waals surface area contributed by atoms with Crippen LogP contribution in [0.15, 0.2) is 11.6 Å². The minimum Gasteiger partial charge on any atom is -0.308 e. The molecule has 1 aliphatic carbocycles. The summed E-state index contributed by atoms with van der Waals surface area (Å²) in [6.45, 7) is 6.95. The van der Waals surface area contributed by atoms with Crippen molar-refractivity contribution in [2.24, 2.45) is 0 Å². The van der Waals surface area contributed by atoms with Crippen molar-refractivity contribution in [2.45, 2.75) is 57.2 Å². The van der Waals surface area contributed by atoms with Gasteiger partial charge in [0.2, 0.25) is 0 Å². The van der Waals surface area contributed by atoms with Gasteiger partial charge < -0.3 is 5.32 Å². The SMILES string of the molecule is CC1CNC2(CCCC2)CN1C(C)c1nccs1. The molecule has 3 nitrogen and oxygen atoms in total. The number of aromatic nitrogens is 1. The summed E-state index contributed by atoms with van der Waals surface area (Å²) in [5, 5.41) is 7.16. The van der Waals surface area contributed by atoms with Crippen LogP contribution in [0.25, 0.3) is 0 Å². The van der Waals surface area contributed by atoms with Gasteiger partial charge in [0.1, 0.15) is 5.01 Å². The summed E-state index contributed by atoms with van der Waals surface area (Å²) in [6.07, 6.45) is 7.40. The van der Waals surface area contributed by atoms with Crippen molar-refractivity contribution in [3.63, 3.8) is 0 Å². The van der Waals surface area contributed by atoms with Gasteiger partial charge in [-0.15, -0.1) is 11.3 Å². The lowest BCUT2D eigenvalue weighted by Gasteiger charge is -2.47. The van der Waals surface area contributed by atoms with E-state index in [1.165, 1.54) is 37.2 Å². The van der Waals surface area contributed by atoms with Crippen LogP contribution in [0.4, 0.5) is 0 Å². The normalized spacial score (nSPS) is 29.8. The zero-order chi connectivity index (χ0) is 12.6. The molecule has 0 aromatic carbocycles. The third kappa shape index (κ3) is 2.22. The van der Waals surface area contributed by atoms with Crippen LogP contribution < -0.4 is 5.32 Å². The lowest BCUT2D eigenvalue weighted by molar-refractivity contribution is 0.0562. The van der Waals surface area contributed by atoms with Gasteiger partial charge in [-0.25, -0.2) is 4.98 Å². The first-order valence-electron chi connectivity index (χ1n) is 7.10. The largest absolute Gasteiger partial charge is 0.308 e. The van der Waals surface area contributed by atoms with Crippen molar-refractivity contribution < 1.29 is 0 Å². The van der Waals surface area contributed by atoms with E-state index >= 15 is 0 Å². The summed E-state index contributed by atoms with van der Waals surface area (Å²) < 4.78 is 0. The fraction of sp³-hybridized carbons (Fsp3) is 0.786. The molecule has 3 rings (SSSR count). The Bertz CT molecular complexity index is 384. The highest BCUT2D eigenvalue weighted by atomic mass is 32.1. The van der Waals surface area contributed by atoms with E-state index in [4.69, 9.17) is 0 Å². The van der Waals surface area contributed by atoms with E-state index in [1.807, 2.05) is 6.20 Å². The van der Waals surface area contributed by atoms with Crippen LogP contribution in [0, 0.1) is 0 Å². The van der Waals surface area contributed by atoms with Crippen molar-refractivity contribution in [2.75, 3.05) is 13.1 Å². The van der Waals surface area contributed by atoms with E-state index in [0.717, 1.165) is 6.54 Å². The molecular formula is C14H23N3S. The monoisotopic (exact) mass is 265 g/mol. The summed E-state index contributed by atoms with van der Waals surface area (Å²) >= 11 is 1.78. The maximum atomic E-state index is 4.50. The molecule has 2 aliphatic rings. The molecule has 1 saturated carbocycles. The van der Waals surface area contributed by atoms with Crippen LogP contribution in [0.5, 0.6) is 0 Å². The second-order valence-electron chi connectivity index (χ2n) is 5.94. The molecule has 0 radical (unpaired) electrons. The number of piperazine rings is 1. The first kappa shape index (κ1) is 12.6. The Morgan fingerprint density at radius 2 is 2.28 bits per heavy atom. The third-order valence-electron chi connectivity index (χ3n) is 4.69. The van der Waals surface area contributed by atoms with Crippen LogP contribution in [0.2, 0.25) is 0 Å². The fourth-order valence-corrected chi connectivity index (χ4v) is 4.25. The summed E-state index contributed by atoms with van der Waals surface area (Å²) in [4.78, 5) is 7.15. The van der Waals surface area contributed by atoms with Gasteiger partial charge in [-0.3, -0.25) is 4.90 Å². The quantitative estimate of drug-likeness (QED) is 0.891. The van der Waals surface area contributed by atoms with Crippen LogP contribution in [-0.2, 0) is 0 Å². The summed E-state index contributed by atoms with van der Waals surface area (Å²) in [6, 6.07) is 1.06. The number of thiazole rings is 1. The van der Waals surface area contributed by atoms with Gasteiger partial charge >= 0.3 is 0 Å². The highest BCUT2D eigenvalue weighted by Crippen LogP contribution is 2.36. The minimum atomic E-state index is 0.401. The van der Waals surface area contributed by atoms with Gasteiger partial charge in [0.05, 0.1) is 6.04 Å². The average molecular weight is 265 g/mol. The van der Waals surface area contributed by atoms with Crippen molar-refractivity contribution in [3.8, 4) is 0 Å². The molecule has 1 aliphatic heterocycles. The summed E-state index contributed by atoms with van der Waals surface area (Å²) in [7, 11) is 0. The van der Waals surface area contributed by atoms with Gasteiger partial charge in [-0.2, -0.15) is 0 Å². The molecule has 0 amide bonds. The van der Waals surface area contributed by atoms with Crippen molar-refractivity contribution in [1.29, 1.82) is 0 Å². The minimum absolute atomic E-state index is 0.401. The van der Waals surface area contributed by atoms with E-state index in [-0.39, 0.29) is 0 Å². The molecule has 1 aromatic heterocycles. The van der Waals surface area contributed by atoms with Crippen LogP contribution in [-0.4, -0.2) is 34.6 Å². The molecule has 4 heteroatoms. The standard InChI is InChI=1S/C14H23N3S/c1-11-9-16-14(5-3-4-6-14)10-17(11)12(2)13-15-7-8-18-13/h7-8,11-12,16H,3-6,9-10H2,1-2H3. The lowest BCUT2D eigenvalue weighted by Crippen LogP contribution is -2.62. The molecule has 2 heterocycles. The van der Waals surface area contributed by atoms with Crippen molar-refractivity contribution >= 4 is 11.3 Å². The van der Waals surface area contributed by atoms with Gasteiger partial charge in [0.15, 0.2) is 0 Å². The number of hydrogen-bond donors (Lipinski definition) is 1. The highest BCUT2D eigenvalue weighted by molar-refractivity contribution is 7.09. The summed E-state index contributed by atoms with van der Waals surface area (Å²) in [5.41, 5.74) is 0.401. The van der Waals surface area contributed by atoms with Crippen LogP contribution in [0.1, 0.15) is 50.6 Å². The molecule has 2 fully saturated rings. The van der Waals surface area contributed by atoms with E-state index in [0.29, 0.717) is 17.6 Å². The van der Waals surface area contributed by atoms with E-state index in [2.05, 4.69) is 34.4 Å². The van der Waals surface area contributed by atoms with E-state index in [1.54, 1.807) is 11.3 Å². The number of nitrogens with zero attached hydrogens (tertiary/aromatic N) is 2. The zero-order valence-corrected chi connectivity index (χ0v) is 12.2. The third-order valence-corrected chi connectivity index (χ3v) is 5.64. The molecule has 18 heavy (non-hydrogen) atoms. The molecule has 0 bridgehead atoms. The predicted octanol–water partition coefficient (Wildman–Crippen LogP) is 2.81. The van der Waals surface area contributed by atoms with Gasteiger partial charge in [-0.1, -0.05) is 12.8 Å². The fourth-order valence-electron chi connectivity index (χ4n) is 3.53. The first-order chi connectivity index (χ1) is 8.70. The first-order valence-corrected chi connectivity index (χ1v) is 7.98. The smallest absolute Gasteiger partial charge is 0.109 e. The van der Waals surface area contributed by atoms with Gasteiger partial charge in [0, 0.05) is 36.2 Å². The maximum Gasteiger partial charge on any atom is 0.109 e. The summed E-state index contributed by atoms with van der Waals surface area (Å²) in [5.74, 6) is 0. The van der Waals surface area contributed by atoms with Crippen molar-refractivity contribution in [3.05, 3.63) is 16.6 Å². The van der Waals surface area contributed by atoms with E-state index < -0.39 is 0 Å². The average Bonchev–Trinajstić information content (AvgIpc) is 3.04. The topological polar surface area (TPSA) is 28.2 Å². The van der Waals surface area contributed by atoms with Crippen molar-refractivity contribution in [1.82, 2.24) is 15.2 Å². The highest BCUT2D eigenvalue weighted by Gasteiger charge is 2.41. The Morgan fingerprint density at radius 3 is 2.94 bits per heavy atom. The Morgan fingerprint density at radius 1 is 1.50 bits per heavy atom. The molecule has 2 atom stereocenters. The lowest BCUT2D eigenvalue weighted by atomic mass is 9.91. The second kappa shape index (κ2) is 4.91. The van der Waals surface area contributed by atoms with E-state index in [9.17, 15) is 0 Å². The Hall–Kier alpha value is -0.450. The number of nitrogens with one attached hydrogen (secondary N) is 1. The molecule has 1 aromatic rings. The van der Waals surface area contributed by atoms with Gasteiger partial charge in [0.25, 0.3) is 0 Å². The Balaban J connectivity index is 1.77. The molecule has 100 valence electrons.